The molecule has 0 aliphatic rings. The van der Waals surface area contributed by atoms with Crippen molar-refractivity contribution in [3.63, 3.8) is 0 Å². The largest absolute Gasteiger partial charge is 0.453 e. The normalized spacial score (nSPS) is 10.5. The quantitative estimate of drug-likeness (QED) is 0.427. The summed E-state index contributed by atoms with van der Waals surface area (Å²) in [5.41, 5.74) is 0. The minimum Gasteiger partial charge on any atom is -0.453 e. The molecule has 0 saturated carbocycles. The Balaban J connectivity index is 4.22. The molecule has 0 bridgehead atoms. The molecular formula is C4H9NO2S4. The third-order valence-corrected chi connectivity index (χ3v) is 1.88. The molecule has 7 heteroatoms. The zero-order chi connectivity index (χ0) is 9.02. The molecule has 0 aromatic heterocycles. The van der Waals surface area contributed by atoms with E-state index in [0.29, 0.717) is 0 Å². The summed E-state index contributed by atoms with van der Waals surface area (Å²) < 4.78 is 3.29. The smallest absolute Gasteiger partial charge is 0.412 e. The monoisotopic (exact) mass is 231 g/mol. The Morgan fingerprint density at radius 2 is 1.64 bits per heavy atom. The number of carbonyl (C=O) groups excluding carboxylic acids is 1. The predicted octanol–water partition coefficient (Wildman–Crippen LogP) is 1.34. The van der Waals surface area contributed by atoms with Gasteiger partial charge in [-0.3, -0.25) is 4.90 Å². The van der Waals surface area contributed by atoms with Crippen molar-refractivity contribution >= 4 is 56.6 Å². The molecule has 0 aliphatic heterocycles. The van der Waals surface area contributed by atoms with Crippen molar-refractivity contribution in [2.45, 2.75) is 9.41 Å². The molecule has 66 valence electrons. The van der Waals surface area contributed by atoms with E-state index in [1.54, 1.807) is 0 Å². The van der Waals surface area contributed by atoms with Crippen LogP contribution in [0.25, 0.3) is 0 Å². The van der Waals surface area contributed by atoms with Crippen molar-refractivity contribution in [2.24, 2.45) is 0 Å². The molecular weight excluding hydrogens is 222 g/mol. The van der Waals surface area contributed by atoms with Gasteiger partial charge in [0, 0.05) is 0 Å². The van der Waals surface area contributed by atoms with E-state index in [0.717, 1.165) is 4.90 Å². The van der Waals surface area contributed by atoms with Crippen LogP contribution >= 0.6 is 50.5 Å². The van der Waals surface area contributed by atoms with Gasteiger partial charge in [-0.1, -0.05) is 0 Å². The van der Waals surface area contributed by atoms with Gasteiger partial charge in [0.1, 0.15) is 9.41 Å². The number of ether oxygens (including phenoxy) is 1. The second kappa shape index (κ2) is 5.34. The first kappa shape index (κ1) is 11.7. The van der Waals surface area contributed by atoms with Gasteiger partial charge in [-0.25, -0.2) is 4.79 Å². The van der Waals surface area contributed by atoms with Crippen molar-refractivity contribution in [1.82, 2.24) is 4.90 Å². The summed E-state index contributed by atoms with van der Waals surface area (Å²) in [6, 6.07) is 0. The number of hydrogen-bond acceptors (Lipinski definition) is 6. The lowest BCUT2D eigenvalue weighted by Crippen LogP contribution is -2.37. The average Bonchev–Trinajstić information content (AvgIpc) is 1.85. The number of rotatable bonds is 2. The van der Waals surface area contributed by atoms with Crippen LogP contribution in [0.15, 0.2) is 0 Å². The summed E-state index contributed by atoms with van der Waals surface area (Å²) >= 11 is 15.7. The number of hydrogen-bond donors (Lipinski definition) is 4. The molecule has 0 unspecified atom stereocenters. The Morgan fingerprint density at radius 3 is 1.73 bits per heavy atom. The van der Waals surface area contributed by atoms with E-state index >= 15 is 0 Å². The minimum absolute atomic E-state index is 0.560. The fourth-order valence-electron chi connectivity index (χ4n) is 0.413. The topological polar surface area (TPSA) is 29.5 Å². The Hall–Kier alpha value is 0.670. The maximum absolute atomic E-state index is 10.9. The molecule has 0 fully saturated rings. The van der Waals surface area contributed by atoms with Gasteiger partial charge in [0.15, 0.2) is 0 Å². The molecule has 0 radical (unpaired) electrons. The van der Waals surface area contributed by atoms with E-state index in [9.17, 15) is 4.79 Å². The van der Waals surface area contributed by atoms with Crippen molar-refractivity contribution in [2.75, 3.05) is 7.11 Å². The first-order chi connectivity index (χ1) is 5.00. The van der Waals surface area contributed by atoms with Crippen LogP contribution in [0.3, 0.4) is 0 Å². The fraction of sp³-hybridized carbons (Fsp3) is 0.750. The first-order valence-corrected chi connectivity index (χ1v) is 4.65. The van der Waals surface area contributed by atoms with Gasteiger partial charge in [0.05, 0.1) is 7.11 Å². The summed E-state index contributed by atoms with van der Waals surface area (Å²) in [5, 5.41) is 0. The number of methoxy groups -OCH3 is 1. The molecule has 0 spiro atoms. The van der Waals surface area contributed by atoms with Gasteiger partial charge in [-0.2, -0.15) is 0 Å². The van der Waals surface area contributed by atoms with Gasteiger partial charge in [0.2, 0.25) is 0 Å². The highest BCUT2D eigenvalue weighted by Crippen LogP contribution is 2.18. The van der Waals surface area contributed by atoms with Crippen LogP contribution in [-0.4, -0.2) is 27.5 Å². The van der Waals surface area contributed by atoms with Crippen molar-refractivity contribution < 1.29 is 9.53 Å². The second-order valence-electron chi connectivity index (χ2n) is 1.57. The molecule has 0 aromatic rings. The van der Waals surface area contributed by atoms with Gasteiger partial charge in [-0.15, -0.1) is 50.5 Å². The minimum atomic E-state index is -0.567. The van der Waals surface area contributed by atoms with Gasteiger partial charge in [0.25, 0.3) is 0 Å². The van der Waals surface area contributed by atoms with Crippen LogP contribution in [0.5, 0.6) is 0 Å². The van der Waals surface area contributed by atoms with Crippen LogP contribution in [0.2, 0.25) is 0 Å². The summed E-state index contributed by atoms with van der Waals surface area (Å²) in [6.45, 7) is 0. The van der Waals surface area contributed by atoms with E-state index in [1.165, 1.54) is 7.11 Å². The zero-order valence-electron chi connectivity index (χ0n) is 5.71. The zero-order valence-corrected chi connectivity index (χ0v) is 9.28. The highest BCUT2D eigenvalue weighted by Gasteiger charge is 2.22. The first-order valence-electron chi connectivity index (χ1n) is 2.59. The Bertz CT molecular complexity index is 132. The maximum Gasteiger partial charge on any atom is 0.412 e. The van der Waals surface area contributed by atoms with Gasteiger partial charge in [-0.05, 0) is 0 Å². The molecule has 0 saturated heterocycles. The lowest BCUT2D eigenvalue weighted by molar-refractivity contribution is 0.133. The predicted molar refractivity (Wildman–Crippen MR) is 57.8 cm³/mol. The third kappa shape index (κ3) is 3.73. The number of nitrogens with zero attached hydrogens (tertiary/aromatic N) is 1. The molecule has 1 amide bonds. The van der Waals surface area contributed by atoms with E-state index < -0.39 is 15.5 Å². The summed E-state index contributed by atoms with van der Waals surface area (Å²) in [6.07, 6.45) is -0.560. The molecule has 0 N–H and O–H groups in total. The number of thiol groups is 4. The highest BCUT2D eigenvalue weighted by atomic mass is 32.2. The number of amides is 1. The third-order valence-electron chi connectivity index (χ3n) is 0.883. The van der Waals surface area contributed by atoms with Crippen LogP contribution in [0, 0.1) is 0 Å². The Kier molecular flexibility index (Phi) is 5.66. The molecule has 0 atom stereocenters. The van der Waals surface area contributed by atoms with Crippen LogP contribution in [0.4, 0.5) is 4.79 Å². The van der Waals surface area contributed by atoms with Crippen molar-refractivity contribution in [1.29, 1.82) is 0 Å². The van der Waals surface area contributed by atoms with E-state index in [1.807, 2.05) is 0 Å². The van der Waals surface area contributed by atoms with Crippen LogP contribution < -0.4 is 0 Å². The molecule has 0 heterocycles. The van der Waals surface area contributed by atoms with E-state index in [2.05, 4.69) is 55.3 Å². The Labute approximate surface area is 87.5 Å². The maximum atomic E-state index is 10.9. The van der Waals surface area contributed by atoms with Crippen LogP contribution in [0.1, 0.15) is 0 Å². The standard InChI is InChI=1S/C4H9NO2S4/c1-7-2(6)5(3(8)9)4(10)11/h3-4,8-11H,1H3. The fourth-order valence-corrected chi connectivity index (χ4v) is 1.74. The summed E-state index contributed by atoms with van der Waals surface area (Å²) in [5.74, 6) is 0. The molecule has 11 heavy (non-hydrogen) atoms. The highest BCUT2D eigenvalue weighted by molar-refractivity contribution is 8.00. The SMILES string of the molecule is COC(=O)N(C(S)S)C(S)S. The van der Waals surface area contributed by atoms with E-state index in [4.69, 9.17) is 0 Å². The lowest BCUT2D eigenvalue weighted by Gasteiger charge is -2.25. The molecule has 0 rings (SSSR count). The summed E-state index contributed by atoms with van der Waals surface area (Å²) in [7, 11) is 1.27. The second-order valence-corrected chi connectivity index (χ2v) is 4.34. The van der Waals surface area contributed by atoms with Crippen LogP contribution in [-0.2, 0) is 4.74 Å². The number of carbonyl (C=O) groups is 1. The molecule has 0 aliphatic carbocycles. The van der Waals surface area contributed by atoms with E-state index in [-0.39, 0.29) is 0 Å². The van der Waals surface area contributed by atoms with Crippen molar-refractivity contribution in [3.8, 4) is 0 Å². The van der Waals surface area contributed by atoms with Gasteiger partial charge < -0.3 is 4.74 Å². The lowest BCUT2D eigenvalue weighted by atomic mass is 10.9. The molecule has 0 aromatic carbocycles. The molecule has 3 nitrogen and oxygen atoms in total. The van der Waals surface area contributed by atoms with Crippen molar-refractivity contribution in [3.05, 3.63) is 0 Å². The van der Waals surface area contributed by atoms with Gasteiger partial charge >= 0.3 is 6.09 Å². The Morgan fingerprint density at radius 1 is 1.27 bits per heavy atom. The summed E-state index contributed by atoms with van der Waals surface area (Å²) in [4.78, 5) is 12.1. The average molecular weight is 231 g/mol.